The molecular formula is C23H25N3. The number of rotatable bonds is 2. The van der Waals surface area contributed by atoms with E-state index in [0.717, 1.165) is 25.6 Å². The van der Waals surface area contributed by atoms with Gasteiger partial charge in [0.05, 0.1) is 6.54 Å². The molecule has 3 aromatic carbocycles. The molecule has 26 heavy (non-hydrogen) atoms. The molecule has 0 unspecified atom stereocenters. The third-order valence-electron chi connectivity index (χ3n) is 4.20. The van der Waals surface area contributed by atoms with E-state index >= 15 is 0 Å². The minimum Gasteiger partial charge on any atom is -0.357 e. The van der Waals surface area contributed by atoms with Gasteiger partial charge in [0.1, 0.15) is 0 Å². The summed E-state index contributed by atoms with van der Waals surface area (Å²) in [5, 5.41) is 6.48. The summed E-state index contributed by atoms with van der Waals surface area (Å²) in [6, 6.07) is 29.2. The van der Waals surface area contributed by atoms with Gasteiger partial charge in [-0.15, -0.1) is 0 Å². The molecule has 0 saturated heterocycles. The van der Waals surface area contributed by atoms with E-state index in [2.05, 4.69) is 95.3 Å². The summed E-state index contributed by atoms with van der Waals surface area (Å²) in [6.45, 7) is 4.61. The molecule has 0 saturated carbocycles. The van der Waals surface area contributed by atoms with Crippen molar-refractivity contribution in [2.45, 2.75) is 20.0 Å². The standard InChI is InChI=1S/C12H10.C11H15N3/c1-3-7-11(8-4-1)12-9-5-2-6-10-12;1-2-12-11-13-7-9-5-3-4-6-10(9)8-14-11/h1-10H;3-6H,2,7-8H2,1H3,(H2,12,13,14). The molecule has 0 amide bonds. The van der Waals surface area contributed by atoms with Gasteiger partial charge in [0.25, 0.3) is 0 Å². The number of hydrogen-bond donors (Lipinski definition) is 2. The lowest BCUT2D eigenvalue weighted by atomic mass is 10.1. The second-order valence-electron chi connectivity index (χ2n) is 6.05. The number of hydrogen-bond acceptors (Lipinski definition) is 3. The lowest BCUT2D eigenvalue weighted by molar-refractivity contribution is 0.838. The largest absolute Gasteiger partial charge is 0.357 e. The highest BCUT2D eigenvalue weighted by Gasteiger charge is 2.06. The van der Waals surface area contributed by atoms with Crippen LogP contribution in [-0.4, -0.2) is 12.5 Å². The number of nitrogens with one attached hydrogen (secondary N) is 2. The second-order valence-corrected chi connectivity index (χ2v) is 6.05. The van der Waals surface area contributed by atoms with Crippen molar-refractivity contribution in [1.82, 2.24) is 10.6 Å². The first-order chi connectivity index (χ1) is 12.9. The predicted octanol–water partition coefficient (Wildman–Crippen LogP) is 4.61. The quantitative estimate of drug-likeness (QED) is 0.713. The van der Waals surface area contributed by atoms with Gasteiger partial charge in [-0.25, -0.2) is 4.99 Å². The Kier molecular flexibility index (Phi) is 6.43. The molecule has 132 valence electrons. The summed E-state index contributed by atoms with van der Waals surface area (Å²) in [6.07, 6.45) is 0. The van der Waals surface area contributed by atoms with Gasteiger partial charge >= 0.3 is 0 Å². The van der Waals surface area contributed by atoms with Crippen molar-refractivity contribution in [3.63, 3.8) is 0 Å². The van der Waals surface area contributed by atoms with E-state index in [1.807, 2.05) is 12.1 Å². The van der Waals surface area contributed by atoms with E-state index in [9.17, 15) is 0 Å². The zero-order valence-corrected chi connectivity index (χ0v) is 15.2. The van der Waals surface area contributed by atoms with Crippen LogP contribution in [0.15, 0.2) is 89.9 Å². The Labute approximate surface area is 155 Å². The second kappa shape index (κ2) is 9.42. The van der Waals surface area contributed by atoms with E-state index in [-0.39, 0.29) is 0 Å². The first-order valence-electron chi connectivity index (χ1n) is 9.06. The van der Waals surface area contributed by atoms with Crippen molar-refractivity contribution >= 4 is 5.96 Å². The van der Waals surface area contributed by atoms with Crippen LogP contribution in [0, 0.1) is 0 Å². The highest BCUT2D eigenvalue weighted by Crippen LogP contribution is 2.17. The molecule has 4 rings (SSSR count). The van der Waals surface area contributed by atoms with Gasteiger partial charge < -0.3 is 10.6 Å². The topological polar surface area (TPSA) is 36.4 Å². The summed E-state index contributed by atoms with van der Waals surface area (Å²) in [7, 11) is 0. The predicted molar refractivity (Wildman–Crippen MR) is 110 cm³/mol. The van der Waals surface area contributed by atoms with Crippen LogP contribution in [0.25, 0.3) is 11.1 Å². The Bertz CT molecular complexity index is 789. The molecule has 0 bridgehead atoms. The highest BCUT2D eigenvalue weighted by molar-refractivity contribution is 5.80. The summed E-state index contributed by atoms with van der Waals surface area (Å²) in [5.74, 6) is 0.906. The summed E-state index contributed by atoms with van der Waals surface area (Å²) < 4.78 is 0. The van der Waals surface area contributed by atoms with Gasteiger partial charge in [-0.2, -0.15) is 0 Å². The summed E-state index contributed by atoms with van der Waals surface area (Å²) in [5.41, 5.74) is 5.20. The summed E-state index contributed by atoms with van der Waals surface area (Å²) >= 11 is 0. The Morgan fingerprint density at radius 1 is 0.769 bits per heavy atom. The molecule has 1 heterocycles. The van der Waals surface area contributed by atoms with Crippen molar-refractivity contribution < 1.29 is 0 Å². The van der Waals surface area contributed by atoms with Crippen molar-refractivity contribution in [1.29, 1.82) is 0 Å². The fraction of sp³-hybridized carbons (Fsp3) is 0.174. The van der Waals surface area contributed by atoms with Crippen molar-refractivity contribution in [2.75, 3.05) is 6.54 Å². The maximum Gasteiger partial charge on any atom is 0.191 e. The molecule has 3 nitrogen and oxygen atoms in total. The molecule has 1 aliphatic rings. The van der Waals surface area contributed by atoms with E-state index in [1.54, 1.807) is 0 Å². The van der Waals surface area contributed by atoms with Crippen molar-refractivity contribution in [3.8, 4) is 11.1 Å². The average Bonchev–Trinajstić information content (AvgIpc) is 2.93. The third kappa shape index (κ3) is 4.96. The smallest absolute Gasteiger partial charge is 0.191 e. The lowest BCUT2D eigenvalue weighted by Crippen LogP contribution is -2.35. The molecule has 3 aromatic rings. The van der Waals surface area contributed by atoms with Gasteiger partial charge in [0.15, 0.2) is 5.96 Å². The lowest BCUT2D eigenvalue weighted by Gasteiger charge is -2.07. The van der Waals surface area contributed by atoms with E-state index in [4.69, 9.17) is 0 Å². The number of benzene rings is 3. The Balaban J connectivity index is 0.000000152. The SMILES string of the molecule is CCNC1=NCc2ccccc2CN1.c1ccc(-c2ccccc2)cc1. The first-order valence-corrected chi connectivity index (χ1v) is 9.06. The van der Waals surface area contributed by atoms with Gasteiger partial charge in [-0.05, 0) is 29.2 Å². The van der Waals surface area contributed by atoms with E-state index < -0.39 is 0 Å². The van der Waals surface area contributed by atoms with Crippen LogP contribution < -0.4 is 10.6 Å². The Morgan fingerprint density at radius 2 is 1.31 bits per heavy atom. The normalized spacial score (nSPS) is 12.4. The monoisotopic (exact) mass is 343 g/mol. The van der Waals surface area contributed by atoms with Gasteiger partial charge in [0, 0.05) is 13.1 Å². The third-order valence-corrected chi connectivity index (χ3v) is 4.20. The van der Waals surface area contributed by atoms with Crippen LogP contribution in [0.1, 0.15) is 18.1 Å². The van der Waals surface area contributed by atoms with Crippen molar-refractivity contribution in [2.24, 2.45) is 4.99 Å². The highest BCUT2D eigenvalue weighted by atomic mass is 15.2. The van der Waals surface area contributed by atoms with Gasteiger partial charge in [-0.1, -0.05) is 84.9 Å². The van der Waals surface area contributed by atoms with Gasteiger partial charge in [0.2, 0.25) is 0 Å². The number of guanidine groups is 1. The molecule has 0 radical (unpaired) electrons. The fourth-order valence-corrected chi connectivity index (χ4v) is 2.83. The fourth-order valence-electron chi connectivity index (χ4n) is 2.83. The Morgan fingerprint density at radius 3 is 1.88 bits per heavy atom. The van der Waals surface area contributed by atoms with Crippen LogP contribution in [0.4, 0.5) is 0 Å². The maximum absolute atomic E-state index is 4.45. The molecular weight excluding hydrogens is 318 g/mol. The number of nitrogens with zero attached hydrogens (tertiary/aromatic N) is 1. The molecule has 0 aliphatic carbocycles. The summed E-state index contributed by atoms with van der Waals surface area (Å²) in [4.78, 5) is 4.45. The van der Waals surface area contributed by atoms with Crippen LogP contribution in [-0.2, 0) is 13.1 Å². The molecule has 1 aliphatic heterocycles. The molecule has 2 N–H and O–H groups in total. The zero-order valence-electron chi connectivity index (χ0n) is 15.2. The minimum absolute atomic E-state index is 0.769. The average molecular weight is 343 g/mol. The van der Waals surface area contributed by atoms with Crippen LogP contribution in [0.2, 0.25) is 0 Å². The molecule has 0 fully saturated rings. The minimum atomic E-state index is 0.769. The van der Waals surface area contributed by atoms with Crippen LogP contribution in [0.5, 0.6) is 0 Å². The van der Waals surface area contributed by atoms with E-state index in [0.29, 0.717) is 0 Å². The van der Waals surface area contributed by atoms with Crippen molar-refractivity contribution in [3.05, 3.63) is 96.1 Å². The first kappa shape index (κ1) is 17.7. The molecule has 0 spiro atoms. The zero-order chi connectivity index (χ0) is 18.0. The Hall–Kier alpha value is -3.07. The molecule has 0 atom stereocenters. The van der Waals surface area contributed by atoms with Crippen LogP contribution in [0.3, 0.4) is 0 Å². The van der Waals surface area contributed by atoms with Gasteiger partial charge in [-0.3, -0.25) is 0 Å². The molecule has 0 aromatic heterocycles. The number of aliphatic imine (C=N–C) groups is 1. The number of fused-ring (bicyclic) bond motifs is 1. The van der Waals surface area contributed by atoms with E-state index in [1.165, 1.54) is 22.3 Å². The maximum atomic E-state index is 4.45. The molecule has 3 heteroatoms. The van der Waals surface area contributed by atoms with Crippen LogP contribution >= 0.6 is 0 Å².